The summed E-state index contributed by atoms with van der Waals surface area (Å²) in [6.07, 6.45) is 3.64. The van der Waals surface area contributed by atoms with Crippen LogP contribution in [0.15, 0.2) is 126 Å². The van der Waals surface area contributed by atoms with Crippen LogP contribution in [0.2, 0.25) is 0 Å². The number of rotatable bonds is 2. The highest BCUT2D eigenvalue weighted by Crippen LogP contribution is 2.48. The summed E-state index contributed by atoms with van der Waals surface area (Å²) in [7, 11) is 0. The Kier molecular flexibility index (Phi) is 4.54. The molecule has 0 unspecified atom stereocenters. The molecule has 0 bridgehead atoms. The van der Waals surface area contributed by atoms with Crippen LogP contribution in [0.25, 0.3) is 92.0 Å². The second kappa shape index (κ2) is 8.47. The molecule has 0 aliphatic heterocycles. The fraction of sp³-hybridized carbons (Fsp3) is 0. The number of hydrogen-bond donors (Lipinski definition) is 0. The molecule has 10 aromatic rings. The fourth-order valence-corrected chi connectivity index (χ4v) is 8.00. The normalized spacial score (nSPS) is 12.2. The molecule has 200 valence electrons. The molecule has 5 nitrogen and oxygen atoms in total. The fourth-order valence-electron chi connectivity index (χ4n) is 6.75. The number of fused-ring (bicyclic) bond motifs is 13. The number of benzene rings is 5. The minimum absolute atomic E-state index is 0.558. The van der Waals surface area contributed by atoms with Gasteiger partial charge < -0.3 is 4.42 Å². The first-order valence-electron chi connectivity index (χ1n) is 14.2. The smallest absolute Gasteiger partial charge is 0.238 e. The van der Waals surface area contributed by atoms with Gasteiger partial charge >= 0.3 is 0 Å². The van der Waals surface area contributed by atoms with Gasteiger partial charge in [-0.15, -0.1) is 11.3 Å². The molecular weight excluding hydrogens is 549 g/mol. The van der Waals surface area contributed by atoms with Crippen LogP contribution in [-0.2, 0) is 0 Å². The molecule has 0 atom stereocenters. The maximum absolute atomic E-state index is 6.40. The first kappa shape index (κ1) is 23.0. The van der Waals surface area contributed by atoms with Crippen molar-refractivity contribution in [3.63, 3.8) is 0 Å². The standard InChI is InChI=1S/C37H20N4OS/c1-2-12-23-22(11-1)34-30(31-26-15-5-8-18-29(26)43-35(23)31)24-13-3-6-16-27(24)41(34)37-39-33(21-10-9-19-38-20-21)32-25-14-4-7-17-28(25)42-36(32)40-37/h1-20H. The Hall–Kier alpha value is -5.59. The maximum atomic E-state index is 6.40. The van der Waals surface area contributed by atoms with Crippen LogP contribution < -0.4 is 0 Å². The largest absolute Gasteiger partial charge is 0.437 e. The van der Waals surface area contributed by atoms with Crippen molar-refractivity contribution in [3.05, 3.63) is 122 Å². The Morgan fingerprint density at radius 1 is 0.605 bits per heavy atom. The molecule has 0 radical (unpaired) electrons. The molecule has 0 amide bonds. The molecule has 0 spiro atoms. The minimum atomic E-state index is 0.558. The van der Waals surface area contributed by atoms with Gasteiger partial charge in [0.2, 0.25) is 11.7 Å². The second-order valence-electron chi connectivity index (χ2n) is 10.8. The summed E-state index contributed by atoms with van der Waals surface area (Å²) >= 11 is 1.86. The van der Waals surface area contributed by atoms with Gasteiger partial charge in [0.1, 0.15) is 5.58 Å². The number of nitrogens with zero attached hydrogens (tertiary/aromatic N) is 4. The molecule has 43 heavy (non-hydrogen) atoms. The predicted octanol–water partition coefficient (Wildman–Crippen LogP) is 10.1. The summed E-state index contributed by atoms with van der Waals surface area (Å²) in [5.74, 6) is 0.570. The van der Waals surface area contributed by atoms with Gasteiger partial charge in [-0.2, -0.15) is 4.98 Å². The Labute approximate surface area is 248 Å². The zero-order chi connectivity index (χ0) is 28.1. The van der Waals surface area contributed by atoms with E-state index in [0.717, 1.165) is 38.6 Å². The molecule has 5 heterocycles. The van der Waals surface area contributed by atoms with E-state index in [-0.39, 0.29) is 0 Å². The first-order chi connectivity index (χ1) is 21.3. The minimum Gasteiger partial charge on any atom is -0.437 e. The van der Waals surface area contributed by atoms with Crippen molar-refractivity contribution in [2.24, 2.45) is 0 Å². The zero-order valence-electron chi connectivity index (χ0n) is 22.7. The van der Waals surface area contributed by atoms with Gasteiger partial charge in [0.25, 0.3) is 0 Å². The molecule has 0 aliphatic carbocycles. The highest BCUT2D eigenvalue weighted by molar-refractivity contribution is 7.27. The number of hydrogen-bond acceptors (Lipinski definition) is 5. The molecule has 0 N–H and O–H groups in total. The van der Waals surface area contributed by atoms with Crippen LogP contribution >= 0.6 is 11.3 Å². The van der Waals surface area contributed by atoms with Crippen molar-refractivity contribution in [3.8, 4) is 17.2 Å². The van der Waals surface area contributed by atoms with E-state index in [1.165, 1.54) is 41.7 Å². The summed E-state index contributed by atoms with van der Waals surface area (Å²) in [5, 5.41) is 9.22. The first-order valence-corrected chi connectivity index (χ1v) is 15.0. The zero-order valence-corrected chi connectivity index (χ0v) is 23.5. The average Bonchev–Trinajstić information content (AvgIpc) is 3.74. The summed E-state index contributed by atoms with van der Waals surface area (Å²) in [5.41, 5.74) is 5.21. The molecule has 5 aromatic carbocycles. The van der Waals surface area contributed by atoms with Gasteiger partial charge in [-0.1, -0.05) is 78.9 Å². The van der Waals surface area contributed by atoms with E-state index in [1.54, 1.807) is 6.20 Å². The van der Waals surface area contributed by atoms with Gasteiger partial charge in [0.15, 0.2) is 0 Å². The lowest BCUT2D eigenvalue weighted by atomic mass is 10.00. The van der Waals surface area contributed by atoms with Gasteiger partial charge in [0, 0.05) is 65.1 Å². The summed E-state index contributed by atoms with van der Waals surface area (Å²) < 4.78 is 11.2. The molecule has 0 saturated carbocycles. The van der Waals surface area contributed by atoms with Crippen LogP contribution in [-0.4, -0.2) is 19.5 Å². The van der Waals surface area contributed by atoms with Crippen LogP contribution in [0.1, 0.15) is 0 Å². The molecular formula is C37H20N4OS. The van der Waals surface area contributed by atoms with Gasteiger partial charge in [-0.25, -0.2) is 4.98 Å². The van der Waals surface area contributed by atoms with E-state index in [2.05, 4.69) is 88.4 Å². The lowest BCUT2D eigenvalue weighted by Crippen LogP contribution is -2.03. The number of furan rings is 1. The van der Waals surface area contributed by atoms with Gasteiger partial charge in [-0.3, -0.25) is 9.55 Å². The highest BCUT2D eigenvalue weighted by atomic mass is 32.1. The Morgan fingerprint density at radius 3 is 2.21 bits per heavy atom. The molecule has 0 aliphatic rings. The SMILES string of the molecule is c1cncc(-c2nc(-n3c4ccccc4c4c5c6ccccc6sc5c5ccccc5c43)nc3oc4ccccc4c23)c1. The Bertz CT molecular complexity index is 2740. The van der Waals surface area contributed by atoms with Crippen LogP contribution in [0.5, 0.6) is 0 Å². The van der Waals surface area contributed by atoms with Crippen molar-refractivity contribution < 1.29 is 4.42 Å². The third kappa shape index (κ3) is 3.07. The number of aromatic nitrogens is 4. The van der Waals surface area contributed by atoms with Crippen LogP contribution in [0.4, 0.5) is 0 Å². The topological polar surface area (TPSA) is 56.7 Å². The number of thiophene rings is 1. The predicted molar refractivity (Wildman–Crippen MR) is 177 cm³/mol. The third-order valence-corrected chi connectivity index (χ3v) is 9.71. The Morgan fingerprint density at radius 2 is 1.35 bits per heavy atom. The van der Waals surface area contributed by atoms with Gasteiger partial charge in [0.05, 0.1) is 22.1 Å². The molecule has 10 rings (SSSR count). The van der Waals surface area contributed by atoms with Crippen molar-refractivity contribution in [1.29, 1.82) is 0 Å². The molecule has 5 aromatic heterocycles. The van der Waals surface area contributed by atoms with Crippen molar-refractivity contribution in [1.82, 2.24) is 19.5 Å². The van der Waals surface area contributed by atoms with E-state index in [4.69, 9.17) is 14.4 Å². The molecule has 0 fully saturated rings. The van der Waals surface area contributed by atoms with E-state index in [9.17, 15) is 0 Å². The molecule has 6 heteroatoms. The number of para-hydroxylation sites is 2. The van der Waals surface area contributed by atoms with Crippen molar-refractivity contribution >= 4 is 86.2 Å². The van der Waals surface area contributed by atoms with Gasteiger partial charge in [-0.05, 0) is 30.3 Å². The maximum Gasteiger partial charge on any atom is 0.238 e. The molecule has 0 saturated heterocycles. The second-order valence-corrected chi connectivity index (χ2v) is 11.9. The third-order valence-electron chi connectivity index (χ3n) is 8.51. The number of pyridine rings is 1. The summed E-state index contributed by atoms with van der Waals surface area (Å²) in [6, 6.07) is 38.1. The van der Waals surface area contributed by atoms with E-state index < -0.39 is 0 Å². The monoisotopic (exact) mass is 568 g/mol. The van der Waals surface area contributed by atoms with Crippen molar-refractivity contribution in [2.75, 3.05) is 0 Å². The summed E-state index contributed by atoms with van der Waals surface area (Å²) in [6.45, 7) is 0. The van der Waals surface area contributed by atoms with Crippen LogP contribution in [0, 0.1) is 0 Å². The highest BCUT2D eigenvalue weighted by Gasteiger charge is 2.24. The quantitative estimate of drug-likeness (QED) is 0.208. The average molecular weight is 569 g/mol. The lowest BCUT2D eigenvalue weighted by molar-refractivity contribution is 0.651. The lowest BCUT2D eigenvalue weighted by Gasteiger charge is -2.11. The van der Waals surface area contributed by atoms with Crippen molar-refractivity contribution in [2.45, 2.75) is 0 Å². The van der Waals surface area contributed by atoms with Crippen LogP contribution in [0.3, 0.4) is 0 Å². The van der Waals surface area contributed by atoms with E-state index in [1.807, 2.05) is 47.9 Å². The van der Waals surface area contributed by atoms with E-state index in [0.29, 0.717) is 11.7 Å². The Balaban J connectivity index is 1.45. The van der Waals surface area contributed by atoms with E-state index >= 15 is 0 Å². The summed E-state index contributed by atoms with van der Waals surface area (Å²) in [4.78, 5) is 14.9.